The van der Waals surface area contributed by atoms with E-state index in [1.165, 1.54) is 0 Å². The van der Waals surface area contributed by atoms with E-state index >= 15 is 0 Å². The van der Waals surface area contributed by atoms with Crippen LogP contribution in [-0.2, 0) is 30.2 Å². The molecule has 0 spiro atoms. The summed E-state index contributed by atoms with van der Waals surface area (Å²) in [6.07, 6.45) is 0. The summed E-state index contributed by atoms with van der Waals surface area (Å²) in [4.78, 5) is 43.1. The van der Waals surface area contributed by atoms with Crippen LogP contribution in [0.1, 0.15) is 0 Å². The molecule has 12 heavy (non-hydrogen) atoms. The van der Waals surface area contributed by atoms with Gasteiger partial charge in [-0.3, -0.25) is 0 Å². The SMILES string of the molecule is O.O=P(O)(O)O.O=P(O)(O)O.[Mo]. The number of phosphoric acid groups is 2. The van der Waals surface area contributed by atoms with Gasteiger partial charge in [-0.15, -0.1) is 0 Å². The average Bonchev–Trinajstić information content (AvgIpc) is 1.12. The number of hydrogen-bond acceptors (Lipinski definition) is 2. The molecule has 0 rings (SSSR count). The van der Waals surface area contributed by atoms with Crippen LogP contribution < -0.4 is 0 Å². The van der Waals surface area contributed by atoms with Crippen LogP contribution in [0.5, 0.6) is 0 Å². The van der Waals surface area contributed by atoms with Gasteiger partial charge in [-0.1, -0.05) is 0 Å². The van der Waals surface area contributed by atoms with Crippen LogP contribution in [0.4, 0.5) is 0 Å². The zero-order valence-electron chi connectivity index (χ0n) is 5.30. The molecule has 0 aliphatic carbocycles. The molecule has 12 heteroatoms. The number of rotatable bonds is 0. The Morgan fingerprint density at radius 3 is 0.667 bits per heavy atom. The predicted molar refractivity (Wildman–Crippen MR) is 32.1 cm³/mol. The van der Waals surface area contributed by atoms with Crippen LogP contribution in [0, 0.1) is 0 Å². The molecule has 0 aromatic heterocycles. The van der Waals surface area contributed by atoms with Crippen molar-refractivity contribution in [2.24, 2.45) is 0 Å². The zero-order valence-corrected chi connectivity index (χ0v) is 9.10. The summed E-state index contributed by atoms with van der Waals surface area (Å²) in [5, 5.41) is 0. The van der Waals surface area contributed by atoms with Gasteiger partial charge >= 0.3 is 15.6 Å². The Morgan fingerprint density at radius 1 is 0.667 bits per heavy atom. The van der Waals surface area contributed by atoms with Crippen LogP contribution >= 0.6 is 15.6 Å². The van der Waals surface area contributed by atoms with Gasteiger partial charge in [0.25, 0.3) is 0 Å². The van der Waals surface area contributed by atoms with Gasteiger partial charge in [0, 0.05) is 21.1 Å². The molecule has 0 aromatic carbocycles. The van der Waals surface area contributed by atoms with Crippen molar-refractivity contribution in [3.63, 3.8) is 0 Å². The third-order valence-corrected chi connectivity index (χ3v) is 0. The quantitative estimate of drug-likeness (QED) is 0.206. The summed E-state index contributed by atoms with van der Waals surface area (Å²) in [7, 11) is -9.28. The van der Waals surface area contributed by atoms with Gasteiger partial charge in [-0.05, 0) is 0 Å². The molecule has 0 fully saturated rings. The van der Waals surface area contributed by atoms with E-state index < -0.39 is 15.6 Å². The van der Waals surface area contributed by atoms with Gasteiger partial charge in [-0.25, -0.2) is 9.13 Å². The topological polar surface area (TPSA) is 187 Å². The molecule has 9 nitrogen and oxygen atoms in total. The Hall–Kier alpha value is 0.868. The smallest absolute Gasteiger partial charge is 0.412 e. The monoisotopic (exact) mass is 312 g/mol. The van der Waals surface area contributed by atoms with Crippen LogP contribution in [-0.4, -0.2) is 34.8 Å². The summed E-state index contributed by atoms with van der Waals surface area (Å²) in [6, 6.07) is 0. The first-order chi connectivity index (χ1) is 4.00. The zero-order chi connectivity index (χ0) is 9.00. The summed E-state index contributed by atoms with van der Waals surface area (Å²) in [5.74, 6) is 0. The molecule has 0 amide bonds. The fraction of sp³-hybridized carbons (Fsp3) is 0. The van der Waals surface area contributed by atoms with E-state index in [1.807, 2.05) is 0 Å². The van der Waals surface area contributed by atoms with Crippen molar-refractivity contribution in [1.82, 2.24) is 0 Å². The van der Waals surface area contributed by atoms with Crippen LogP contribution in [0.15, 0.2) is 0 Å². The van der Waals surface area contributed by atoms with Crippen LogP contribution in [0.25, 0.3) is 0 Å². The molecular weight excluding hydrogens is 302 g/mol. The second-order valence-electron chi connectivity index (χ2n) is 1.03. The normalized spacial score (nSPS) is 9.83. The second kappa shape index (κ2) is 8.47. The number of hydrogen-bond donors (Lipinski definition) is 6. The fourth-order valence-corrected chi connectivity index (χ4v) is 0. The minimum absolute atomic E-state index is 0. The maximum absolute atomic E-state index is 8.88. The van der Waals surface area contributed by atoms with E-state index in [-0.39, 0.29) is 26.5 Å². The van der Waals surface area contributed by atoms with Gasteiger partial charge in [0.2, 0.25) is 0 Å². The van der Waals surface area contributed by atoms with Gasteiger partial charge in [0.1, 0.15) is 0 Å². The summed E-state index contributed by atoms with van der Waals surface area (Å²) in [5.41, 5.74) is 0. The molecule has 0 saturated carbocycles. The molecule has 0 radical (unpaired) electrons. The van der Waals surface area contributed by atoms with Crippen LogP contribution in [0.2, 0.25) is 0 Å². The first-order valence-corrected chi connectivity index (χ1v) is 4.70. The largest absolute Gasteiger partial charge is 0.466 e. The molecule has 78 valence electrons. The van der Waals surface area contributed by atoms with E-state index in [4.69, 9.17) is 38.5 Å². The molecule has 0 aliphatic heterocycles. The fourth-order valence-electron chi connectivity index (χ4n) is 0. The minimum Gasteiger partial charge on any atom is -0.412 e. The van der Waals surface area contributed by atoms with Crippen molar-refractivity contribution in [3.05, 3.63) is 0 Å². The van der Waals surface area contributed by atoms with Crippen molar-refractivity contribution in [1.29, 1.82) is 0 Å². The van der Waals surface area contributed by atoms with E-state index in [0.717, 1.165) is 0 Å². The predicted octanol–water partition coefficient (Wildman–Crippen LogP) is -2.68. The third-order valence-electron chi connectivity index (χ3n) is 0. The minimum atomic E-state index is -4.64. The Labute approximate surface area is 81.1 Å². The van der Waals surface area contributed by atoms with Crippen molar-refractivity contribution in [2.45, 2.75) is 0 Å². The van der Waals surface area contributed by atoms with Crippen molar-refractivity contribution in [3.8, 4) is 0 Å². The van der Waals surface area contributed by atoms with E-state index in [0.29, 0.717) is 0 Å². The van der Waals surface area contributed by atoms with Crippen molar-refractivity contribution < 1.29 is 65.0 Å². The molecule has 0 heterocycles. The Balaban J connectivity index is -0.0000000457. The molecule has 0 aliphatic rings. The average molecular weight is 310 g/mol. The summed E-state index contributed by atoms with van der Waals surface area (Å²) < 4.78 is 17.8. The molecule has 0 atom stereocenters. The summed E-state index contributed by atoms with van der Waals surface area (Å²) in [6.45, 7) is 0. The van der Waals surface area contributed by atoms with Crippen LogP contribution in [0.3, 0.4) is 0 Å². The Morgan fingerprint density at radius 2 is 0.667 bits per heavy atom. The van der Waals surface area contributed by atoms with Gasteiger partial charge in [-0.2, -0.15) is 0 Å². The summed E-state index contributed by atoms with van der Waals surface area (Å²) >= 11 is 0. The maximum atomic E-state index is 8.88. The first-order valence-electron chi connectivity index (χ1n) is 1.57. The van der Waals surface area contributed by atoms with Gasteiger partial charge < -0.3 is 34.8 Å². The molecule has 0 saturated heterocycles. The van der Waals surface area contributed by atoms with Crippen molar-refractivity contribution >= 4 is 15.6 Å². The molecule has 0 bridgehead atoms. The third kappa shape index (κ3) is 1400. The first kappa shape index (κ1) is 23.0. The van der Waals surface area contributed by atoms with E-state index in [2.05, 4.69) is 0 Å². The van der Waals surface area contributed by atoms with Crippen molar-refractivity contribution in [2.75, 3.05) is 0 Å². The van der Waals surface area contributed by atoms with E-state index in [1.54, 1.807) is 0 Å². The van der Waals surface area contributed by atoms with Gasteiger partial charge in [0.15, 0.2) is 0 Å². The van der Waals surface area contributed by atoms with Gasteiger partial charge in [0.05, 0.1) is 0 Å². The molecule has 8 N–H and O–H groups in total. The second-order valence-corrected chi connectivity index (χ2v) is 3.08. The maximum Gasteiger partial charge on any atom is 0.466 e. The molecular formula is H8MoO9P2. The molecule has 0 unspecified atom stereocenters. The standard InChI is InChI=1S/Mo.2H3O4P.H2O/c;2*1-5(2,3)4;/h;2*(H3,1,2,3,4);1H2. The Kier molecular flexibility index (Phi) is 16.3. The molecule has 0 aromatic rings. The van der Waals surface area contributed by atoms with E-state index in [9.17, 15) is 0 Å². The Bertz CT molecular complexity index is 125.